The summed E-state index contributed by atoms with van der Waals surface area (Å²) in [7, 11) is 1.50. The van der Waals surface area contributed by atoms with Crippen LogP contribution in [0.1, 0.15) is 22.8 Å². The Morgan fingerprint density at radius 1 is 1.65 bits per heavy atom. The zero-order valence-electron chi connectivity index (χ0n) is 11.2. The van der Waals surface area contributed by atoms with Crippen molar-refractivity contribution in [3.8, 4) is 5.75 Å². The Morgan fingerprint density at radius 2 is 2.40 bits per heavy atom. The topological polar surface area (TPSA) is 84.3 Å². The fourth-order valence-corrected chi connectivity index (χ4v) is 2.40. The van der Waals surface area contributed by atoms with Crippen molar-refractivity contribution in [3.63, 3.8) is 0 Å². The summed E-state index contributed by atoms with van der Waals surface area (Å²) in [5.74, 6) is -0.420. The summed E-state index contributed by atoms with van der Waals surface area (Å²) in [4.78, 5) is 14.3. The molecule has 106 valence electrons. The second kappa shape index (κ2) is 5.48. The number of benzene rings is 1. The quantitative estimate of drug-likeness (QED) is 0.359. The first-order valence-corrected chi connectivity index (χ1v) is 6.03. The van der Waals surface area contributed by atoms with Crippen LogP contribution in [0, 0.1) is 5.82 Å². The van der Waals surface area contributed by atoms with Gasteiger partial charge in [0, 0.05) is 24.0 Å². The zero-order valence-corrected chi connectivity index (χ0v) is 11.2. The van der Waals surface area contributed by atoms with Gasteiger partial charge in [-0.15, -0.1) is 0 Å². The monoisotopic (exact) mass is 279 g/mol. The first-order chi connectivity index (χ1) is 9.51. The van der Waals surface area contributed by atoms with Crippen LogP contribution in [0.15, 0.2) is 17.2 Å². The summed E-state index contributed by atoms with van der Waals surface area (Å²) >= 11 is 0. The average molecular weight is 279 g/mol. The van der Waals surface area contributed by atoms with E-state index in [9.17, 15) is 9.18 Å². The number of carbonyl (C=O) groups excluding carboxylic acids is 1. The lowest BCUT2D eigenvalue weighted by Crippen LogP contribution is -2.42. The van der Waals surface area contributed by atoms with Gasteiger partial charge in [-0.05, 0) is 24.6 Å². The van der Waals surface area contributed by atoms with E-state index < -0.39 is 11.4 Å². The van der Waals surface area contributed by atoms with Crippen LogP contribution >= 0.6 is 0 Å². The second-order valence-corrected chi connectivity index (χ2v) is 4.78. The minimum Gasteiger partial charge on any atom is -0.483 e. The van der Waals surface area contributed by atoms with E-state index in [4.69, 9.17) is 15.0 Å². The molecular formula is C13H14FN3O3. The van der Waals surface area contributed by atoms with Crippen molar-refractivity contribution >= 4 is 5.78 Å². The molecule has 0 N–H and O–H groups in total. The van der Waals surface area contributed by atoms with E-state index >= 15 is 0 Å². The molecule has 1 aliphatic rings. The molecule has 6 nitrogen and oxygen atoms in total. The van der Waals surface area contributed by atoms with Crippen molar-refractivity contribution in [2.75, 3.05) is 20.3 Å². The van der Waals surface area contributed by atoms with Gasteiger partial charge in [-0.25, -0.2) is 4.39 Å². The number of nitrogens with zero attached hydrogens (tertiary/aromatic N) is 3. The minimum absolute atomic E-state index is 0.0466. The van der Waals surface area contributed by atoms with Gasteiger partial charge in [-0.3, -0.25) is 4.79 Å². The molecule has 0 aliphatic carbocycles. The number of ketones is 1. The lowest BCUT2D eigenvalue weighted by molar-refractivity contribution is 0.0128. The molecule has 0 bridgehead atoms. The van der Waals surface area contributed by atoms with Crippen molar-refractivity contribution in [1.82, 2.24) is 0 Å². The number of hydrogen-bond donors (Lipinski definition) is 0. The van der Waals surface area contributed by atoms with Crippen molar-refractivity contribution in [2.45, 2.75) is 18.9 Å². The lowest BCUT2D eigenvalue weighted by atomic mass is 9.97. The third-order valence-corrected chi connectivity index (χ3v) is 3.17. The van der Waals surface area contributed by atoms with Crippen LogP contribution in [0.3, 0.4) is 0 Å². The van der Waals surface area contributed by atoms with Gasteiger partial charge in [-0.2, -0.15) is 0 Å². The third kappa shape index (κ3) is 2.59. The van der Waals surface area contributed by atoms with Crippen LogP contribution in [0.2, 0.25) is 0 Å². The molecule has 0 fully saturated rings. The zero-order chi connectivity index (χ0) is 14.8. The van der Waals surface area contributed by atoms with Crippen LogP contribution in [-0.2, 0) is 11.2 Å². The Kier molecular flexibility index (Phi) is 3.92. The van der Waals surface area contributed by atoms with Crippen molar-refractivity contribution in [2.24, 2.45) is 5.11 Å². The van der Waals surface area contributed by atoms with Gasteiger partial charge >= 0.3 is 0 Å². The summed E-state index contributed by atoms with van der Waals surface area (Å²) in [6.45, 7) is 1.58. The highest BCUT2D eigenvalue weighted by molar-refractivity contribution is 5.97. The minimum atomic E-state index is -0.888. The summed E-state index contributed by atoms with van der Waals surface area (Å²) in [5, 5.41) is 3.52. The normalized spacial score (nSPS) is 19.9. The van der Waals surface area contributed by atoms with E-state index in [0.29, 0.717) is 17.7 Å². The molecule has 2 rings (SSSR count). The average Bonchev–Trinajstić information content (AvgIpc) is 2.74. The summed E-state index contributed by atoms with van der Waals surface area (Å²) in [6.07, 6.45) is 0.327. The number of azide groups is 1. The first-order valence-electron chi connectivity index (χ1n) is 6.03. The molecule has 0 aromatic heterocycles. The van der Waals surface area contributed by atoms with E-state index in [1.54, 1.807) is 0 Å². The van der Waals surface area contributed by atoms with Crippen LogP contribution in [0.25, 0.3) is 10.4 Å². The van der Waals surface area contributed by atoms with Crippen LogP contribution in [0.5, 0.6) is 5.75 Å². The number of hydrogen-bond acceptors (Lipinski definition) is 4. The second-order valence-electron chi connectivity index (χ2n) is 4.78. The van der Waals surface area contributed by atoms with Crippen LogP contribution in [-0.4, -0.2) is 31.6 Å². The Balaban J connectivity index is 2.44. The van der Waals surface area contributed by atoms with Gasteiger partial charge < -0.3 is 9.47 Å². The maximum Gasteiger partial charge on any atom is 0.163 e. The maximum atomic E-state index is 13.6. The molecule has 0 spiro atoms. The Labute approximate surface area is 115 Å². The first kappa shape index (κ1) is 14.3. The molecule has 20 heavy (non-hydrogen) atoms. The van der Waals surface area contributed by atoms with Gasteiger partial charge in [0.1, 0.15) is 17.2 Å². The number of carbonyl (C=O) groups is 1. The smallest absolute Gasteiger partial charge is 0.163 e. The third-order valence-electron chi connectivity index (χ3n) is 3.17. The number of ether oxygens (including phenoxy) is 2. The SMILES string of the molecule is COCC1(CN=[N+]=[N-])Cc2cc(F)cc(C(C)=O)c2O1. The molecule has 0 amide bonds. The molecular weight excluding hydrogens is 265 g/mol. The Bertz CT molecular complexity index is 599. The predicted octanol–water partition coefficient (Wildman–Crippen LogP) is 2.66. The van der Waals surface area contributed by atoms with Crippen molar-refractivity contribution in [1.29, 1.82) is 0 Å². The Morgan fingerprint density at radius 3 is 3.00 bits per heavy atom. The van der Waals surface area contributed by atoms with E-state index in [-0.39, 0.29) is 24.5 Å². The molecule has 1 aromatic carbocycles. The number of fused-ring (bicyclic) bond motifs is 1. The van der Waals surface area contributed by atoms with Gasteiger partial charge in [-0.1, -0.05) is 5.11 Å². The number of Topliss-reactive ketones (excluding diaryl/α,β-unsaturated/α-hetero) is 1. The molecule has 1 heterocycles. The highest BCUT2D eigenvalue weighted by atomic mass is 19.1. The van der Waals surface area contributed by atoms with E-state index in [1.807, 2.05) is 0 Å². The lowest BCUT2D eigenvalue weighted by Gasteiger charge is -2.26. The molecule has 0 saturated carbocycles. The summed E-state index contributed by atoms with van der Waals surface area (Å²) in [6, 6.07) is 2.48. The van der Waals surface area contributed by atoms with Gasteiger partial charge in [0.05, 0.1) is 18.7 Å². The highest BCUT2D eigenvalue weighted by Gasteiger charge is 2.41. The van der Waals surface area contributed by atoms with Crippen LogP contribution < -0.4 is 4.74 Å². The number of halogens is 1. The standard InChI is InChI=1S/C13H14FN3O3/c1-8(18)11-4-10(14)3-9-5-13(7-19-2,6-16-17-15)20-12(9)11/h3-4H,5-7H2,1-2H3. The fourth-order valence-electron chi connectivity index (χ4n) is 2.40. The van der Waals surface area contributed by atoms with E-state index in [2.05, 4.69) is 10.0 Å². The number of methoxy groups -OCH3 is 1. The molecule has 1 aliphatic heterocycles. The Hall–Kier alpha value is -2.11. The van der Waals surface area contributed by atoms with Crippen LogP contribution in [0.4, 0.5) is 4.39 Å². The highest BCUT2D eigenvalue weighted by Crippen LogP contribution is 2.39. The molecule has 0 saturated heterocycles. The van der Waals surface area contributed by atoms with Gasteiger partial charge in [0.2, 0.25) is 0 Å². The van der Waals surface area contributed by atoms with E-state index in [0.717, 1.165) is 6.07 Å². The molecule has 1 unspecified atom stereocenters. The summed E-state index contributed by atoms with van der Waals surface area (Å²) in [5.41, 5.74) is 8.35. The molecule has 1 aromatic rings. The number of rotatable bonds is 5. The predicted molar refractivity (Wildman–Crippen MR) is 69.4 cm³/mol. The fraction of sp³-hybridized carbons (Fsp3) is 0.462. The maximum absolute atomic E-state index is 13.6. The molecule has 7 heteroatoms. The molecule has 0 radical (unpaired) electrons. The van der Waals surface area contributed by atoms with Gasteiger partial charge in [0.25, 0.3) is 0 Å². The largest absolute Gasteiger partial charge is 0.483 e. The summed E-state index contributed by atoms with van der Waals surface area (Å²) < 4.78 is 24.5. The van der Waals surface area contributed by atoms with E-state index in [1.165, 1.54) is 20.1 Å². The molecule has 1 atom stereocenters. The van der Waals surface area contributed by atoms with Gasteiger partial charge in [0.15, 0.2) is 5.78 Å². The van der Waals surface area contributed by atoms with Crippen molar-refractivity contribution in [3.05, 3.63) is 39.5 Å². The van der Waals surface area contributed by atoms with Crippen molar-refractivity contribution < 1.29 is 18.7 Å².